The van der Waals surface area contributed by atoms with Gasteiger partial charge in [-0.25, -0.2) is 19.3 Å². The molecule has 0 bridgehead atoms. The molecule has 1 amide bonds. The average Bonchev–Trinajstić information content (AvgIpc) is 3.76. The summed E-state index contributed by atoms with van der Waals surface area (Å²) in [5.41, 5.74) is 4.28. The number of likely N-dealkylation sites (tertiary alicyclic amines) is 1. The lowest BCUT2D eigenvalue weighted by Gasteiger charge is -2.26. The first-order valence-electron chi connectivity index (χ1n) is 14.2. The van der Waals surface area contributed by atoms with Gasteiger partial charge in [-0.1, -0.05) is 43.3 Å². The van der Waals surface area contributed by atoms with Crippen LogP contribution in [0.1, 0.15) is 45.6 Å². The monoisotopic (exact) mass is 551 g/mol. The van der Waals surface area contributed by atoms with Gasteiger partial charge in [-0.15, -0.1) is 5.10 Å². The fourth-order valence-electron chi connectivity index (χ4n) is 6.86. The van der Waals surface area contributed by atoms with Gasteiger partial charge in [-0.3, -0.25) is 4.79 Å². The normalized spacial score (nSPS) is 23.9. The zero-order chi connectivity index (χ0) is 28.3. The molecule has 0 spiro atoms. The van der Waals surface area contributed by atoms with Crippen molar-refractivity contribution in [2.24, 2.45) is 11.8 Å². The van der Waals surface area contributed by atoms with Crippen molar-refractivity contribution in [2.75, 3.05) is 49.1 Å². The van der Waals surface area contributed by atoms with Crippen LogP contribution < -0.4 is 9.80 Å². The Morgan fingerprint density at radius 1 is 0.951 bits per heavy atom. The van der Waals surface area contributed by atoms with E-state index in [1.165, 1.54) is 11.6 Å². The Bertz CT molecular complexity index is 1640. The predicted octanol–water partition coefficient (Wildman–Crippen LogP) is 3.51. The molecule has 3 atom stereocenters. The second-order valence-corrected chi connectivity index (χ2v) is 12.0. The number of nitrogens with zero attached hydrogens (tertiary/aromatic N) is 7. The first-order chi connectivity index (χ1) is 19.8. The number of carboxylic acid groups (broad SMARTS) is 1. The topological polar surface area (TPSA) is 107 Å². The van der Waals surface area contributed by atoms with Gasteiger partial charge in [0.1, 0.15) is 5.82 Å². The maximum absolute atomic E-state index is 13.5. The van der Waals surface area contributed by atoms with Crippen molar-refractivity contribution in [1.29, 1.82) is 0 Å². The fourth-order valence-corrected chi connectivity index (χ4v) is 6.86. The molecule has 41 heavy (non-hydrogen) atoms. The SMILES string of the molecule is Cc1cc(N2CC[C@](C)(c3ccccc3)C2)cn2nc(C(=O)N3CC4CN(c5cccc(C(=O)O)n5)C[C@H]4C3)nc12. The van der Waals surface area contributed by atoms with Crippen LogP contribution in [0, 0.1) is 18.8 Å². The molecule has 3 saturated heterocycles. The van der Waals surface area contributed by atoms with Crippen LogP contribution in [0.2, 0.25) is 0 Å². The van der Waals surface area contributed by atoms with Gasteiger partial charge < -0.3 is 19.8 Å². The Hall–Kier alpha value is -4.47. The van der Waals surface area contributed by atoms with Crippen molar-refractivity contribution in [3.63, 3.8) is 0 Å². The lowest BCUT2D eigenvalue weighted by molar-refractivity contribution is 0.0689. The molecule has 10 heteroatoms. The molecule has 6 heterocycles. The van der Waals surface area contributed by atoms with E-state index in [9.17, 15) is 14.7 Å². The van der Waals surface area contributed by atoms with Crippen LogP contribution >= 0.6 is 0 Å². The van der Waals surface area contributed by atoms with Crippen LogP contribution in [-0.4, -0.2) is 80.7 Å². The van der Waals surface area contributed by atoms with Gasteiger partial charge in [-0.05, 0) is 42.7 Å². The van der Waals surface area contributed by atoms with Gasteiger partial charge in [-0.2, -0.15) is 0 Å². The van der Waals surface area contributed by atoms with Crippen molar-refractivity contribution >= 4 is 29.0 Å². The molecule has 7 rings (SSSR count). The van der Waals surface area contributed by atoms with Crippen LogP contribution in [0.4, 0.5) is 11.5 Å². The Morgan fingerprint density at radius 3 is 2.44 bits per heavy atom. The number of anilines is 2. The Labute approximate surface area is 238 Å². The first-order valence-corrected chi connectivity index (χ1v) is 14.2. The van der Waals surface area contributed by atoms with Crippen molar-refractivity contribution < 1.29 is 14.7 Å². The second-order valence-electron chi connectivity index (χ2n) is 12.0. The van der Waals surface area contributed by atoms with Gasteiger partial charge in [0.05, 0.1) is 11.9 Å². The Balaban J connectivity index is 1.05. The summed E-state index contributed by atoms with van der Waals surface area (Å²) in [6.45, 7) is 8.97. The van der Waals surface area contributed by atoms with Gasteiger partial charge >= 0.3 is 5.97 Å². The van der Waals surface area contributed by atoms with Crippen molar-refractivity contribution in [2.45, 2.75) is 25.7 Å². The molecular formula is C31H33N7O3. The number of amides is 1. The summed E-state index contributed by atoms with van der Waals surface area (Å²) >= 11 is 0. The molecule has 210 valence electrons. The zero-order valence-electron chi connectivity index (χ0n) is 23.3. The highest BCUT2D eigenvalue weighted by Crippen LogP contribution is 2.37. The molecule has 0 radical (unpaired) electrons. The molecule has 10 nitrogen and oxygen atoms in total. The summed E-state index contributed by atoms with van der Waals surface area (Å²) in [6.07, 6.45) is 3.07. The highest BCUT2D eigenvalue weighted by atomic mass is 16.4. The molecule has 3 aliphatic rings. The van der Waals surface area contributed by atoms with Crippen molar-refractivity contribution in [3.05, 3.63) is 83.4 Å². The number of carboxylic acids is 1. The van der Waals surface area contributed by atoms with E-state index in [2.05, 4.69) is 68.2 Å². The van der Waals surface area contributed by atoms with Gasteiger partial charge in [0, 0.05) is 56.5 Å². The minimum Gasteiger partial charge on any atom is -0.477 e. The van der Waals surface area contributed by atoms with E-state index in [1.807, 2.05) is 24.1 Å². The number of benzene rings is 1. The molecule has 0 aliphatic carbocycles. The van der Waals surface area contributed by atoms with E-state index in [0.29, 0.717) is 36.4 Å². The average molecular weight is 552 g/mol. The van der Waals surface area contributed by atoms with Crippen molar-refractivity contribution in [1.82, 2.24) is 24.5 Å². The number of carbonyl (C=O) groups excluding carboxylic acids is 1. The molecule has 3 fully saturated rings. The number of hydrogen-bond acceptors (Lipinski definition) is 7. The molecule has 3 aromatic heterocycles. The highest BCUT2D eigenvalue weighted by molar-refractivity contribution is 5.91. The molecule has 3 aliphatic heterocycles. The highest BCUT2D eigenvalue weighted by Gasteiger charge is 2.43. The summed E-state index contributed by atoms with van der Waals surface area (Å²) < 4.78 is 1.76. The second kappa shape index (κ2) is 9.57. The van der Waals surface area contributed by atoms with E-state index < -0.39 is 5.97 Å². The third-order valence-corrected chi connectivity index (χ3v) is 9.15. The number of aromatic carboxylic acids is 1. The van der Waals surface area contributed by atoms with Gasteiger partial charge in [0.2, 0.25) is 5.82 Å². The summed E-state index contributed by atoms with van der Waals surface area (Å²) in [6, 6.07) is 17.9. The molecule has 1 unspecified atom stereocenters. The largest absolute Gasteiger partial charge is 0.477 e. The number of rotatable bonds is 5. The number of fused-ring (bicyclic) bond motifs is 2. The number of carbonyl (C=O) groups is 2. The number of hydrogen-bond donors (Lipinski definition) is 1. The van der Waals surface area contributed by atoms with Crippen LogP contribution in [0.5, 0.6) is 0 Å². The minimum absolute atomic E-state index is 0.0441. The number of aromatic nitrogens is 4. The molecular weight excluding hydrogens is 518 g/mol. The summed E-state index contributed by atoms with van der Waals surface area (Å²) in [5.74, 6) is 0.333. The van der Waals surface area contributed by atoms with Gasteiger partial charge in [0.25, 0.3) is 5.91 Å². The fraction of sp³-hybridized carbons (Fsp3) is 0.387. The van der Waals surface area contributed by atoms with E-state index in [0.717, 1.165) is 43.9 Å². The minimum atomic E-state index is -1.03. The third kappa shape index (κ3) is 4.47. The lowest BCUT2D eigenvalue weighted by Crippen LogP contribution is -2.34. The zero-order valence-corrected chi connectivity index (χ0v) is 23.3. The third-order valence-electron chi connectivity index (χ3n) is 9.15. The van der Waals surface area contributed by atoms with Crippen LogP contribution in [0.25, 0.3) is 5.65 Å². The number of pyridine rings is 2. The summed E-state index contributed by atoms with van der Waals surface area (Å²) in [5, 5.41) is 13.9. The van der Waals surface area contributed by atoms with E-state index >= 15 is 0 Å². The quantitative estimate of drug-likeness (QED) is 0.402. The predicted molar refractivity (Wildman–Crippen MR) is 155 cm³/mol. The van der Waals surface area contributed by atoms with Crippen LogP contribution in [-0.2, 0) is 5.41 Å². The van der Waals surface area contributed by atoms with E-state index in [-0.39, 0.29) is 22.8 Å². The van der Waals surface area contributed by atoms with E-state index in [1.54, 1.807) is 10.6 Å². The van der Waals surface area contributed by atoms with E-state index in [4.69, 9.17) is 0 Å². The maximum Gasteiger partial charge on any atom is 0.354 e. The summed E-state index contributed by atoms with van der Waals surface area (Å²) in [4.78, 5) is 40.2. The molecule has 0 saturated carbocycles. The molecule has 1 N–H and O–H groups in total. The smallest absolute Gasteiger partial charge is 0.354 e. The summed E-state index contributed by atoms with van der Waals surface area (Å²) in [7, 11) is 0. The Morgan fingerprint density at radius 2 is 1.71 bits per heavy atom. The Kier molecular flexibility index (Phi) is 5.95. The van der Waals surface area contributed by atoms with Crippen LogP contribution in [0.15, 0.2) is 60.8 Å². The maximum atomic E-state index is 13.5. The van der Waals surface area contributed by atoms with Crippen LogP contribution in [0.3, 0.4) is 0 Å². The standard InChI is InChI=1S/C31H33N7O3/c1-20-13-24(35-12-11-31(2,19-35)23-7-4-3-5-8-23)18-38-28(20)33-27(34-38)29(39)37-16-21-14-36(15-22(21)17-37)26-10-6-9-25(32-26)30(40)41/h3-10,13,18,21-22H,11-12,14-17,19H2,1-2H3,(H,40,41)/t21-,22?,31-/m0/s1. The lowest BCUT2D eigenvalue weighted by atomic mass is 9.82. The van der Waals surface area contributed by atoms with Crippen molar-refractivity contribution in [3.8, 4) is 0 Å². The first kappa shape index (κ1) is 25.5. The van der Waals surface area contributed by atoms with Gasteiger partial charge in [0.15, 0.2) is 11.3 Å². The number of aryl methyl sites for hydroxylation is 1. The molecule has 1 aromatic carbocycles. The molecule has 4 aromatic rings.